The highest BCUT2D eigenvalue weighted by atomic mass is 35.5. The predicted molar refractivity (Wildman–Crippen MR) is 87.3 cm³/mol. The Balaban J connectivity index is 1.83. The van der Waals surface area contributed by atoms with Crippen LogP contribution in [-0.2, 0) is 6.42 Å². The summed E-state index contributed by atoms with van der Waals surface area (Å²) >= 11 is 7.99. The van der Waals surface area contributed by atoms with Crippen LogP contribution in [0.15, 0.2) is 6.20 Å². The first-order valence-electron chi connectivity index (χ1n) is 7.33. The van der Waals surface area contributed by atoms with Crippen LogP contribution in [0.25, 0.3) is 0 Å². The van der Waals surface area contributed by atoms with Gasteiger partial charge in [-0.2, -0.15) is 0 Å². The molecule has 0 radical (unpaired) electrons. The number of rotatable bonds is 5. The Labute approximate surface area is 134 Å². The van der Waals surface area contributed by atoms with Crippen LogP contribution in [0.1, 0.15) is 59.9 Å². The molecule has 6 heteroatoms. The molecular formula is C15H19ClN4S. The predicted octanol–water partition coefficient (Wildman–Crippen LogP) is 4.51. The number of hydrogen-bond acceptors (Lipinski definition) is 5. The maximum Gasteiger partial charge on any atom is 0.137 e. The summed E-state index contributed by atoms with van der Waals surface area (Å²) in [6, 6.07) is 0.118. The van der Waals surface area contributed by atoms with Crippen LogP contribution in [-0.4, -0.2) is 15.0 Å². The van der Waals surface area contributed by atoms with E-state index in [-0.39, 0.29) is 6.04 Å². The largest absolute Gasteiger partial charge is 0.361 e. The van der Waals surface area contributed by atoms with Crippen molar-refractivity contribution in [2.75, 3.05) is 5.32 Å². The Bertz CT molecular complexity index is 651. The Kier molecular flexibility index (Phi) is 4.13. The van der Waals surface area contributed by atoms with Crippen LogP contribution in [0.2, 0.25) is 5.15 Å². The lowest BCUT2D eigenvalue weighted by atomic mass is 10.2. The van der Waals surface area contributed by atoms with Gasteiger partial charge in [-0.25, -0.2) is 15.0 Å². The fraction of sp³-hybridized carbons (Fsp3) is 0.533. The maximum atomic E-state index is 6.24. The Morgan fingerprint density at radius 2 is 2.19 bits per heavy atom. The lowest BCUT2D eigenvalue weighted by molar-refractivity contribution is 0.839. The molecule has 1 saturated carbocycles. The van der Waals surface area contributed by atoms with Gasteiger partial charge < -0.3 is 5.32 Å². The second kappa shape index (κ2) is 5.89. The molecule has 0 aromatic carbocycles. The average molecular weight is 323 g/mol. The molecule has 1 fully saturated rings. The molecule has 1 aliphatic rings. The molecule has 1 atom stereocenters. The molecule has 0 bridgehead atoms. The minimum absolute atomic E-state index is 0.118. The lowest BCUT2D eigenvalue weighted by Gasteiger charge is -2.15. The van der Waals surface area contributed by atoms with E-state index in [1.807, 2.05) is 13.1 Å². The first-order valence-corrected chi connectivity index (χ1v) is 8.53. The molecule has 0 amide bonds. The highest BCUT2D eigenvalue weighted by Crippen LogP contribution is 2.39. The van der Waals surface area contributed by atoms with Crippen LogP contribution in [0.5, 0.6) is 0 Å². The van der Waals surface area contributed by atoms with E-state index >= 15 is 0 Å². The third-order valence-corrected chi connectivity index (χ3v) is 5.38. The lowest BCUT2D eigenvalue weighted by Crippen LogP contribution is -2.11. The van der Waals surface area contributed by atoms with Gasteiger partial charge in [0.15, 0.2) is 0 Å². The van der Waals surface area contributed by atoms with Gasteiger partial charge in [0.05, 0.1) is 6.04 Å². The van der Waals surface area contributed by atoms with E-state index in [4.69, 9.17) is 11.6 Å². The number of thiazole rings is 1. The SMILES string of the molecule is CCc1cnc(C(C)Nc2nc(C3CC3)nc(Cl)c2C)s1. The van der Waals surface area contributed by atoms with Gasteiger partial charge in [-0.05, 0) is 33.1 Å². The topological polar surface area (TPSA) is 50.7 Å². The molecule has 2 aromatic rings. The van der Waals surface area contributed by atoms with Gasteiger partial charge in [0.1, 0.15) is 21.8 Å². The summed E-state index contributed by atoms with van der Waals surface area (Å²) in [4.78, 5) is 14.8. The number of halogens is 1. The maximum absolute atomic E-state index is 6.24. The van der Waals surface area contributed by atoms with E-state index in [0.717, 1.165) is 28.6 Å². The van der Waals surface area contributed by atoms with Crippen molar-refractivity contribution in [2.24, 2.45) is 0 Å². The Morgan fingerprint density at radius 1 is 1.43 bits per heavy atom. The van der Waals surface area contributed by atoms with Gasteiger partial charge in [0.2, 0.25) is 0 Å². The normalized spacial score (nSPS) is 16.0. The van der Waals surface area contributed by atoms with Crippen molar-refractivity contribution in [1.82, 2.24) is 15.0 Å². The van der Waals surface area contributed by atoms with Gasteiger partial charge in [-0.15, -0.1) is 11.3 Å². The van der Waals surface area contributed by atoms with Crippen LogP contribution in [0, 0.1) is 6.92 Å². The monoisotopic (exact) mass is 322 g/mol. The van der Waals surface area contributed by atoms with Gasteiger partial charge in [0.25, 0.3) is 0 Å². The Morgan fingerprint density at radius 3 is 2.81 bits per heavy atom. The number of aromatic nitrogens is 3. The zero-order valence-corrected chi connectivity index (χ0v) is 14.1. The molecule has 4 nitrogen and oxygen atoms in total. The van der Waals surface area contributed by atoms with E-state index in [0.29, 0.717) is 11.1 Å². The first-order chi connectivity index (χ1) is 10.1. The van der Waals surface area contributed by atoms with E-state index in [9.17, 15) is 0 Å². The number of nitrogens with zero attached hydrogens (tertiary/aromatic N) is 3. The number of anilines is 1. The van der Waals surface area contributed by atoms with Gasteiger partial charge in [-0.3, -0.25) is 0 Å². The minimum Gasteiger partial charge on any atom is -0.361 e. The zero-order chi connectivity index (χ0) is 15.0. The summed E-state index contributed by atoms with van der Waals surface area (Å²) in [7, 11) is 0. The molecule has 2 heterocycles. The smallest absolute Gasteiger partial charge is 0.137 e. The summed E-state index contributed by atoms with van der Waals surface area (Å²) in [5, 5.41) is 5.07. The minimum atomic E-state index is 0.118. The highest BCUT2D eigenvalue weighted by molar-refractivity contribution is 7.11. The standard InChI is InChI=1S/C15H19ClN4S/c1-4-11-7-17-15(21-11)9(3)18-13-8(2)12(16)19-14(20-13)10-5-6-10/h7,9-10H,4-6H2,1-3H3,(H,18,19,20). The van der Waals surface area contributed by atoms with Crippen molar-refractivity contribution >= 4 is 28.8 Å². The third-order valence-electron chi connectivity index (χ3n) is 3.69. The fourth-order valence-corrected chi connectivity index (χ4v) is 3.16. The van der Waals surface area contributed by atoms with E-state index in [2.05, 4.69) is 34.1 Å². The van der Waals surface area contributed by atoms with Crippen LogP contribution in [0.4, 0.5) is 5.82 Å². The van der Waals surface area contributed by atoms with Gasteiger partial charge in [0, 0.05) is 22.6 Å². The average Bonchev–Trinajstić information content (AvgIpc) is 3.20. The van der Waals surface area contributed by atoms with Gasteiger partial charge in [-0.1, -0.05) is 18.5 Å². The number of aryl methyl sites for hydroxylation is 1. The molecule has 0 spiro atoms. The summed E-state index contributed by atoms with van der Waals surface area (Å²) < 4.78 is 0. The molecule has 21 heavy (non-hydrogen) atoms. The molecule has 1 N–H and O–H groups in total. The highest BCUT2D eigenvalue weighted by Gasteiger charge is 2.28. The quantitative estimate of drug-likeness (QED) is 0.823. The fourth-order valence-electron chi connectivity index (χ4n) is 2.12. The molecule has 2 aromatic heterocycles. The second-order valence-corrected chi connectivity index (χ2v) is 7.01. The molecule has 3 rings (SSSR count). The summed E-state index contributed by atoms with van der Waals surface area (Å²) in [6.45, 7) is 6.20. The van der Waals surface area contributed by atoms with E-state index < -0.39 is 0 Å². The molecule has 1 aliphatic carbocycles. The molecule has 112 valence electrons. The van der Waals surface area contributed by atoms with Crippen LogP contribution < -0.4 is 5.32 Å². The van der Waals surface area contributed by atoms with Crippen LogP contribution >= 0.6 is 22.9 Å². The first kappa shape index (κ1) is 14.7. The Hall–Kier alpha value is -1.20. The molecule has 1 unspecified atom stereocenters. The summed E-state index contributed by atoms with van der Waals surface area (Å²) in [5.74, 6) is 2.19. The second-order valence-electron chi connectivity index (χ2n) is 5.50. The van der Waals surface area contributed by atoms with Crippen molar-refractivity contribution in [3.8, 4) is 0 Å². The third kappa shape index (κ3) is 3.19. The van der Waals surface area contributed by atoms with Crippen molar-refractivity contribution in [1.29, 1.82) is 0 Å². The zero-order valence-electron chi connectivity index (χ0n) is 12.5. The van der Waals surface area contributed by atoms with E-state index in [1.54, 1.807) is 11.3 Å². The molecule has 0 saturated heterocycles. The molecule has 0 aliphatic heterocycles. The van der Waals surface area contributed by atoms with Crippen molar-refractivity contribution in [2.45, 2.75) is 52.0 Å². The van der Waals surface area contributed by atoms with E-state index in [1.165, 1.54) is 17.7 Å². The summed E-state index contributed by atoms with van der Waals surface area (Å²) in [5.41, 5.74) is 0.903. The van der Waals surface area contributed by atoms with Gasteiger partial charge >= 0.3 is 0 Å². The summed E-state index contributed by atoms with van der Waals surface area (Å²) in [6.07, 6.45) is 5.31. The van der Waals surface area contributed by atoms with Crippen molar-refractivity contribution in [3.63, 3.8) is 0 Å². The van der Waals surface area contributed by atoms with Crippen molar-refractivity contribution in [3.05, 3.63) is 32.6 Å². The van der Waals surface area contributed by atoms with Crippen molar-refractivity contribution < 1.29 is 0 Å². The van der Waals surface area contributed by atoms with Crippen LogP contribution in [0.3, 0.4) is 0 Å². The number of hydrogen-bond donors (Lipinski definition) is 1. The number of nitrogens with one attached hydrogen (secondary N) is 1. The molecular weight excluding hydrogens is 304 g/mol.